The highest BCUT2D eigenvalue weighted by molar-refractivity contribution is 6.06. The second-order valence-electron chi connectivity index (χ2n) is 13.2. The van der Waals surface area contributed by atoms with E-state index in [2.05, 4.69) is 159 Å². The van der Waals surface area contributed by atoms with Crippen LogP contribution in [-0.4, -0.2) is 0 Å². The average molecular weight is 575 g/mol. The van der Waals surface area contributed by atoms with Crippen LogP contribution in [0.15, 0.2) is 146 Å². The summed E-state index contributed by atoms with van der Waals surface area (Å²) < 4.78 is 6.55. The summed E-state index contributed by atoms with van der Waals surface area (Å²) in [4.78, 5) is 0. The van der Waals surface area contributed by atoms with Gasteiger partial charge in [0.05, 0.1) is 5.41 Å². The van der Waals surface area contributed by atoms with Crippen LogP contribution in [0.3, 0.4) is 0 Å². The first-order chi connectivity index (χ1) is 22.1. The molecule has 0 aromatic heterocycles. The number of hydrogen-bond acceptors (Lipinski definition) is 1. The molecule has 2 aliphatic carbocycles. The van der Waals surface area contributed by atoms with E-state index in [0.717, 1.165) is 11.5 Å². The fourth-order valence-electron chi connectivity index (χ4n) is 8.72. The van der Waals surface area contributed by atoms with Gasteiger partial charge in [-0.2, -0.15) is 0 Å². The summed E-state index contributed by atoms with van der Waals surface area (Å²) in [6, 6.07) is 54.0. The Hall–Kier alpha value is -5.40. The van der Waals surface area contributed by atoms with Gasteiger partial charge in [0.1, 0.15) is 11.5 Å². The van der Waals surface area contributed by atoms with Crippen molar-refractivity contribution >= 4 is 10.8 Å². The van der Waals surface area contributed by atoms with E-state index in [1.807, 2.05) is 0 Å². The smallest absolute Gasteiger partial charge is 0.132 e. The predicted octanol–water partition coefficient (Wildman–Crippen LogP) is 11.3. The van der Waals surface area contributed by atoms with Crippen LogP contribution in [0.2, 0.25) is 0 Å². The Morgan fingerprint density at radius 1 is 0.422 bits per heavy atom. The largest absolute Gasteiger partial charge is 0.457 e. The summed E-state index contributed by atoms with van der Waals surface area (Å²) in [5, 5.41) is 2.60. The molecule has 0 fully saturated rings. The molecule has 0 radical (unpaired) electrons. The molecular weight excluding hydrogens is 544 g/mol. The van der Waals surface area contributed by atoms with Crippen molar-refractivity contribution in [1.29, 1.82) is 0 Å². The molecule has 7 aromatic carbocycles. The Morgan fingerprint density at radius 3 is 1.89 bits per heavy atom. The molecule has 0 N–H and O–H groups in total. The first-order valence-electron chi connectivity index (χ1n) is 15.9. The minimum atomic E-state index is -0.385. The van der Waals surface area contributed by atoms with E-state index >= 15 is 0 Å². The number of fused-ring (bicyclic) bond motifs is 14. The topological polar surface area (TPSA) is 9.23 Å². The second-order valence-corrected chi connectivity index (χ2v) is 13.2. The van der Waals surface area contributed by atoms with Crippen molar-refractivity contribution in [3.63, 3.8) is 0 Å². The normalized spacial score (nSPS) is 17.6. The number of rotatable bonds is 1. The van der Waals surface area contributed by atoms with E-state index < -0.39 is 0 Å². The Balaban J connectivity index is 1.23. The lowest BCUT2D eigenvalue weighted by molar-refractivity contribution is 0.418. The van der Waals surface area contributed by atoms with E-state index in [1.165, 1.54) is 77.5 Å². The minimum Gasteiger partial charge on any atom is -0.457 e. The van der Waals surface area contributed by atoms with E-state index in [1.54, 1.807) is 0 Å². The van der Waals surface area contributed by atoms with Crippen molar-refractivity contribution in [3.05, 3.63) is 179 Å². The Morgan fingerprint density at radius 2 is 1.02 bits per heavy atom. The number of ether oxygens (including phenoxy) is 1. The molecule has 0 saturated heterocycles. The van der Waals surface area contributed by atoms with Gasteiger partial charge in [-0.3, -0.25) is 0 Å². The highest BCUT2D eigenvalue weighted by Crippen LogP contribution is 2.64. The third-order valence-electron chi connectivity index (χ3n) is 10.7. The van der Waals surface area contributed by atoms with Crippen LogP contribution >= 0.6 is 0 Å². The Bertz CT molecular complexity index is 2390. The highest BCUT2D eigenvalue weighted by atomic mass is 16.5. The first kappa shape index (κ1) is 25.0. The zero-order valence-corrected chi connectivity index (χ0v) is 25.3. The molecule has 1 heteroatoms. The lowest BCUT2D eigenvalue weighted by Crippen LogP contribution is -2.26. The predicted molar refractivity (Wildman–Crippen MR) is 184 cm³/mol. The fraction of sp³-hybridized carbons (Fsp3) is 0.0909. The summed E-state index contributed by atoms with van der Waals surface area (Å²) in [5.74, 6) is 1.89. The van der Waals surface area contributed by atoms with Gasteiger partial charge in [0.15, 0.2) is 0 Å². The summed E-state index contributed by atoms with van der Waals surface area (Å²) in [6.07, 6.45) is 0. The maximum atomic E-state index is 6.55. The summed E-state index contributed by atoms with van der Waals surface area (Å²) in [5.41, 5.74) is 15.1. The van der Waals surface area contributed by atoms with E-state index in [-0.39, 0.29) is 10.8 Å². The van der Waals surface area contributed by atoms with E-state index in [4.69, 9.17) is 4.74 Å². The van der Waals surface area contributed by atoms with Crippen LogP contribution < -0.4 is 4.74 Å². The molecule has 7 aromatic rings. The van der Waals surface area contributed by atoms with E-state index in [9.17, 15) is 0 Å². The first-order valence-corrected chi connectivity index (χ1v) is 15.9. The maximum absolute atomic E-state index is 6.55. The zero-order valence-electron chi connectivity index (χ0n) is 25.3. The number of benzene rings is 7. The van der Waals surface area contributed by atoms with Crippen LogP contribution in [0.4, 0.5) is 0 Å². The molecule has 1 spiro atoms. The van der Waals surface area contributed by atoms with Gasteiger partial charge >= 0.3 is 0 Å². The summed E-state index contributed by atoms with van der Waals surface area (Å²) in [6.45, 7) is 4.59. The van der Waals surface area contributed by atoms with Crippen molar-refractivity contribution in [1.82, 2.24) is 0 Å². The number of para-hydroxylation sites is 1. The van der Waals surface area contributed by atoms with Crippen LogP contribution in [-0.2, 0) is 10.8 Å². The number of hydrogen-bond donors (Lipinski definition) is 0. The quantitative estimate of drug-likeness (QED) is 0.189. The molecule has 1 nitrogen and oxygen atoms in total. The molecule has 0 amide bonds. The molecule has 3 aliphatic rings. The lowest BCUT2D eigenvalue weighted by Gasteiger charge is -2.34. The second kappa shape index (κ2) is 8.61. The Kier molecular flexibility index (Phi) is 4.78. The third kappa shape index (κ3) is 3.08. The molecule has 1 unspecified atom stereocenters. The molecule has 45 heavy (non-hydrogen) atoms. The van der Waals surface area contributed by atoms with Crippen LogP contribution in [0.1, 0.15) is 47.2 Å². The highest BCUT2D eigenvalue weighted by Gasteiger charge is 2.52. The minimum absolute atomic E-state index is 0.133. The van der Waals surface area contributed by atoms with E-state index in [0.29, 0.717) is 0 Å². The van der Waals surface area contributed by atoms with Gasteiger partial charge in [0.2, 0.25) is 0 Å². The van der Waals surface area contributed by atoms with Gasteiger partial charge in [-0.15, -0.1) is 0 Å². The zero-order chi connectivity index (χ0) is 29.9. The molecule has 1 atom stereocenters. The van der Waals surface area contributed by atoms with Crippen molar-refractivity contribution in [3.8, 4) is 44.9 Å². The van der Waals surface area contributed by atoms with Gasteiger partial charge in [0.25, 0.3) is 0 Å². The molecule has 0 saturated carbocycles. The SMILES string of the molecule is CC1(C)c2ccccc2Oc2cc(-c3ccc4c(c3)C3(c5ccccc5-4)c4ccccc4-c4c3ccc3ccccc43)ccc21. The van der Waals surface area contributed by atoms with Crippen molar-refractivity contribution in [2.75, 3.05) is 0 Å². The van der Waals surface area contributed by atoms with Gasteiger partial charge in [-0.1, -0.05) is 141 Å². The Labute approximate surface area is 263 Å². The molecule has 10 rings (SSSR count). The monoisotopic (exact) mass is 574 g/mol. The molecular formula is C44H30O. The molecule has 0 bridgehead atoms. The maximum Gasteiger partial charge on any atom is 0.132 e. The van der Waals surface area contributed by atoms with Crippen molar-refractivity contribution in [2.24, 2.45) is 0 Å². The van der Waals surface area contributed by atoms with Crippen LogP contribution in [0.5, 0.6) is 11.5 Å². The average Bonchev–Trinajstić information content (AvgIpc) is 3.55. The van der Waals surface area contributed by atoms with Gasteiger partial charge in [-0.05, 0) is 84.6 Å². The summed E-state index contributed by atoms with van der Waals surface area (Å²) in [7, 11) is 0. The van der Waals surface area contributed by atoms with Gasteiger partial charge < -0.3 is 4.74 Å². The van der Waals surface area contributed by atoms with Crippen molar-refractivity contribution in [2.45, 2.75) is 24.7 Å². The lowest BCUT2D eigenvalue weighted by atomic mass is 9.70. The van der Waals surface area contributed by atoms with Crippen LogP contribution in [0, 0.1) is 0 Å². The van der Waals surface area contributed by atoms with Gasteiger partial charge in [0, 0.05) is 16.5 Å². The summed E-state index contributed by atoms with van der Waals surface area (Å²) >= 11 is 0. The van der Waals surface area contributed by atoms with Gasteiger partial charge in [-0.25, -0.2) is 0 Å². The third-order valence-corrected chi connectivity index (χ3v) is 10.7. The molecule has 212 valence electrons. The van der Waals surface area contributed by atoms with Crippen LogP contribution in [0.25, 0.3) is 44.2 Å². The van der Waals surface area contributed by atoms with Crippen molar-refractivity contribution < 1.29 is 4.74 Å². The molecule has 1 heterocycles. The fourth-order valence-corrected chi connectivity index (χ4v) is 8.72. The molecule has 1 aliphatic heterocycles. The standard InChI is InChI=1S/C44H30O/c1-43(2)36-17-9-10-18-40(36)45-41-26-29(21-23-37(41)43)28-19-22-32-31-13-5-7-15-34(31)44(39(32)25-28)35-16-8-6-14-33(35)42-30-12-4-3-11-27(30)20-24-38(42)44/h3-26H,1-2H3.